The summed E-state index contributed by atoms with van der Waals surface area (Å²) in [6, 6.07) is 15.9. The first-order chi connectivity index (χ1) is 12.9. The van der Waals surface area contributed by atoms with Gasteiger partial charge in [0.15, 0.2) is 9.84 Å². The Kier molecular flexibility index (Phi) is 5.41. The highest BCUT2D eigenvalue weighted by molar-refractivity contribution is 7.90. The lowest BCUT2D eigenvalue weighted by Gasteiger charge is -2.10. The van der Waals surface area contributed by atoms with Crippen LogP contribution in [0.1, 0.15) is 28.4 Å². The fourth-order valence-corrected chi connectivity index (χ4v) is 3.34. The van der Waals surface area contributed by atoms with Gasteiger partial charge in [-0.25, -0.2) is 13.1 Å². The van der Waals surface area contributed by atoms with Crippen LogP contribution in [0.4, 0.5) is 5.82 Å². The number of amides is 1. The summed E-state index contributed by atoms with van der Waals surface area (Å²) >= 11 is 0. The van der Waals surface area contributed by atoms with E-state index in [1.54, 1.807) is 29.1 Å². The summed E-state index contributed by atoms with van der Waals surface area (Å²) in [5, 5.41) is 7.06. The maximum atomic E-state index is 12.5. The van der Waals surface area contributed by atoms with Gasteiger partial charge in [-0.1, -0.05) is 37.3 Å². The number of nitrogens with zero attached hydrogens (tertiary/aromatic N) is 2. The van der Waals surface area contributed by atoms with Crippen LogP contribution in [0.3, 0.4) is 0 Å². The Hall–Kier alpha value is -2.93. The Morgan fingerprint density at radius 2 is 1.78 bits per heavy atom. The van der Waals surface area contributed by atoms with Crippen molar-refractivity contribution in [2.75, 3.05) is 11.6 Å². The van der Waals surface area contributed by atoms with Crippen molar-refractivity contribution in [3.63, 3.8) is 0 Å². The minimum atomic E-state index is -3.37. The molecule has 2 aromatic carbocycles. The van der Waals surface area contributed by atoms with E-state index < -0.39 is 9.84 Å². The second kappa shape index (κ2) is 7.75. The third kappa shape index (κ3) is 4.62. The van der Waals surface area contributed by atoms with Crippen LogP contribution in [0.2, 0.25) is 0 Å². The number of aryl methyl sites for hydroxylation is 1. The molecule has 0 radical (unpaired) electrons. The molecule has 140 valence electrons. The molecule has 0 aliphatic rings. The van der Waals surface area contributed by atoms with Crippen LogP contribution in [-0.4, -0.2) is 30.4 Å². The van der Waals surface area contributed by atoms with Crippen LogP contribution in [0.5, 0.6) is 0 Å². The van der Waals surface area contributed by atoms with Crippen molar-refractivity contribution in [3.8, 4) is 0 Å². The molecule has 0 bridgehead atoms. The smallest absolute Gasteiger partial charge is 0.256 e. The molecule has 0 saturated carbocycles. The topological polar surface area (TPSA) is 81.1 Å². The van der Waals surface area contributed by atoms with E-state index in [4.69, 9.17) is 0 Å². The standard InChI is InChI=1S/C20H21N3O3S/c1-3-15-7-9-16(10-8-15)14-23-19(11-12-21-23)22-20(24)17-5-4-6-18(13-17)27(2,25)26/h4-13H,3,14H2,1-2H3,(H,22,24). The number of rotatable bonds is 6. The molecule has 1 heterocycles. The van der Waals surface area contributed by atoms with Gasteiger partial charge >= 0.3 is 0 Å². The average molecular weight is 383 g/mol. The molecule has 27 heavy (non-hydrogen) atoms. The van der Waals surface area contributed by atoms with Crippen molar-refractivity contribution < 1.29 is 13.2 Å². The van der Waals surface area contributed by atoms with Gasteiger partial charge in [0.25, 0.3) is 5.91 Å². The molecule has 0 unspecified atom stereocenters. The number of nitrogens with one attached hydrogen (secondary N) is 1. The zero-order valence-corrected chi connectivity index (χ0v) is 16.0. The van der Waals surface area contributed by atoms with Crippen molar-refractivity contribution in [2.45, 2.75) is 24.8 Å². The largest absolute Gasteiger partial charge is 0.307 e. The number of hydrogen-bond acceptors (Lipinski definition) is 4. The first-order valence-electron chi connectivity index (χ1n) is 8.58. The molecule has 0 aliphatic carbocycles. The molecule has 1 N–H and O–H groups in total. The van der Waals surface area contributed by atoms with Crippen molar-refractivity contribution in [1.82, 2.24) is 9.78 Å². The monoisotopic (exact) mass is 383 g/mol. The third-order valence-corrected chi connectivity index (χ3v) is 5.36. The first-order valence-corrected chi connectivity index (χ1v) is 10.5. The number of benzene rings is 2. The Morgan fingerprint density at radius 1 is 1.07 bits per heavy atom. The van der Waals surface area contributed by atoms with Crippen molar-refractivity contribution >= 4 is 21.6 Å². The number of aromatic nitrogens is 2. The van der Waals surface area contributed by atoms with Crippen LogP contribution < -0.4 is 5.32 Å². The Morgan fingerprint density at radius 3 is 2.44 bits per heavy atom. The van der Waals surface area contributed by atoms with Crippen molar-refractivity contribution in [2.24, 2.45) is 0 Å². The van der Waals surface area contributed by atoms with Gasteiger partial charge < -0.3 is 5.32 Å². The van der Waals surface area contributed by atoms with E-state index in [9.17, 15) is 13.2 Å². The SMILES string of the molecule is CCc1ccc(Cn2nccc2NC(=O)c2cccc(S(C)(=O)=O)c2)cc1. The van der Waals surface area contributed by atoms with E-state index >= 15 is 0 Å². The Bertz CT molecular complexity index is 1050. The molecule has 0 spiro atoms. The molecule has 0 saturated heterocycles. The van der Waals surface area contributed by atoms with Crippen LogP contribution >= 0.6 is 0 Å². The van der Waals surface area contributed by atoms with Crippen LogP contribution in [0, 0.1) is 0 Å². The second-order valence-corrected chi connectivity index (χ2v) is 8.31. The zero-order valence-electron chi connectivity index (χ0n) is 15.2. The number of hydrogen-bond donors (Lipinski definition) is 1. The molecule has 1 amide bonds. The highest BCUT2D eigenvalue weighted by atomic mass is 32.2. The summed E-state index contributed by atoms with van der Waals surface area (Å²) in [6.45, 7) is 2.63. The molecule has 3 rings (SSSR count). The number of carbonyl (C=O) groups excluding carboxylic acids is 1. The summed E-state index contributed by atoms with van der Waals surface area (Å²) in [6.07, 6.45) is 3.71. The fraction of sp³-hybridized carbons (Fsp3) is 0.200. The molecule has 1 aromatic heterocycles. The maximum absolute atomic E-state index is 12.5. The van der Waals surface area contributed by atoms with Crippen molar-refractivity contribution in [3.05, 3.63) is 77.5 Å². The van der Waals surface area contributed by atoms with Crippen molar-refractivity contribution in [1.29, 1.82) is 0 Å². The second-order valence-electron chi connectivity index (χ2n) is 6.30. The number of sulfone groups is 1. The lowest BCUT2D eigenvalue weighted by molar-refractivity contribution is 0.102. The summed E-state index contributed by atoms with van der Waals surface area (Å²) < 4.78 is 25.1. The summed E-state index contributed by atoms with van der Waals surface area (Å²) in [7, 11) is -3.37. The lowest BCUT2D eigenvalue weighted by atomic mass is 10.1. The summed E-state index contributed by atoms with van der Waals surface area (Å²) in [5.41, 5.74) is 2.61. The quantitative estimate of drug-likeness (QED) is 0.709. The molecule has 0 fully saturated rings. The predicted octanol–water partition coefficient (Wildman–Crippen LogP) is 3.15. The highest BCUT2D eigenvalue weighted by Gasteiger charge is 2.13. The number of carbonyl (C=O) groups is 1. The molecule has 7 heteroatoms. The van der Waals surface area contributed by atoms with E-state index in [-0.39, 0.29) is 16.4 Å². The van der Waals surface area contributed by atoms with Crippen LogP contribution in [-0.2, 0) is 22.8 Å². The minimum Gasteiger partial charge on any atom is -0.307 e. The highest BCUT2D eigenvalue weighted by Crippen LogP contribution is 2.15. The predicted molar refractivity (Wildman–Crippen MR) is 105 cm³/mol. The first kappa shape index (κ1) is 18.8. The van der Waals surface area contributed by atoms with Gasteiger partial charge in [-0.3, -0.25) is 4.79 Å². The van der Waals surface area contributed by atoms with Gasteiger partial charge in [-0.15, -0.1) is 0 Å². The van der Waals surface area contributed by atoms with Crippen LogP contribution in [0.25, 0.3) is 0 Å². The summed E-state index contributed by atoms with van der Waals surface area (Å²) in [4.78, 5) is 12.6. The van der Waals surface area contributed by atoms with Gasteiger partial charge in [-0.05, 0) is 35.7 Å². The third-order valence-electron chi connectivity index (χ3n) is 4.25. The van der Waals surface area contributed by atoms with Gasteiger partial charge in [-0.2, -0.15) is 5.10 Å². The van der Waals surface area contributed by atoms with E-state index in [1.807, 2.05) is 12.1 Å². The van der Waals surface area contributed by atoms with Crippen LogP contribution in [0.15, 0.2) is 65.7 Å². The van der Waals surface area contributed by atoms with E-state index in [0.29, 0.717) is 12.4 Å². The Balaban J connectivity index is 1.77. The molecular formula is C20H21N3O3S. The molecule has 0 atom stereocenters. The zero-order chi connectivity index (χ0) is 19.4. The molecule has 3 aromatic rings. The van der Waals surface area contributed by atoms with E-state index in [2.05, 4.69) is 29.5 Å². The Labute approximate surface area is 158 Å². The van der Waals surface area contributed by atoms with E-state index in [0.717, 1.165) is 18.2 Å². The molecule has 6 nitrogen and oxygen atoms in total. The van der Waals surface area contributed by atoms with Gasteiger partial charge in [0, 0.05) is 17.9 Å². The van der Waals surface area contributed by atoms with Gasteiger partial charge in [0.05, 0.1) is 17.6 Å². The normalized spacial score (nSPS) is 11.3. The lowest BCUT2D eigenvalue weighted by Crippen LogP contribution is -2.16. The average Bonchev–Trinajstić information content (AvgIpc) is 3.08. The minimum absolute atomic E-state index is 0.111. The fourth-order valence-electron chi connectivity index (χ4n) is 2.67. The van der Waals surface area contributed by atoms with E-state index in [1.165, 1.54) is 17.7 Å². The summed E-state index contributed by atoms with van der Waals surface area (Å²) in [5.74, 6) is 0.160. The van der Waals surface area contributed by atoms with Gasteiger partial charge in [0.1, 0.15) is 5.82 Å². The van der Waals surface area contributed by atoms with Gasteiger partial charge in [0.2, 0.25) is 0 Å². The number of anilines is 1. The maximum Gasteiger partial charge on any atom is 0.256 e. The molecular weight excluding hydrogens is 362 g/mol. The molecule has 0 aliphatic heterocycles.